The zero-order chi connectivity index (χ0) is 15.4. The van der Waals surface area contributed by atoms with Crippen LogP contribution in [0, 0.1) is 6.92 Å². The van der Waals surface area contributed by atoms with Crippen LogP contribution in [0.15, 0.2) is 11.4 Å². The Morgan fingerprint density at radius 2 is 2.19 bits per heavy atom. The number of anilines is 1. The Bertz CT molecular complexity index is 661. The number of hydrogen-bond donors (Lipinski definition) is 1. The molecule has 21 heavy (non-hydrogen) atoms. The van der Waals surface area contributed by atoms with Gasteiger partial charge in [-0.25, -0.2) is 4.98 Å². The first-order chi connectivity index (χ1) is 10.0. The maximum Gasteiger partial charge on any atom is 0.311 e. The van der Waals surface area contributed by atoms with Gasteiger partial charge in [-0.1, -0.05) is 6.92 Å². The first-order valence-electron chi connectivity index (χ1n) is 6.45. The normalized spacial score (nSPS) is 10.4. The van der Waals surface area contributed by atoms with Crippen molar-refractivity contribution in [1.82, 2.24) is 4.98 Å². The molecule has 0 saturated carbocycles. The average Bonchev–Trinajstić information content (AvgIpc) is 3.05. The number of amides is 1. The summed E-state index contributed by atoms with van der Waals surface area (Å²) in [7, 11) is 1.34. The van der Waals surface area contributed by atoms with Gasteiger partial charge in [0, 0.05) is 10.3 Å². The topological polar surface area (TPSA) is 68.3 Å². The molecule has 2 rings (SSSR count). The molecule has 0 saturated heterocycles. The van der Waals surface area contributed by atoms with Crippen LogP contribution >= 0.6 is 22.7 Å². The number of esters is 1. The maximum absolute atomic E-state index is 12.2. The molecule has 0 fully saturated rings. The zero-order valence-corrected chi connectivity index (χ0v) is 13.7. The number of nitrogens with one attached hydrogen (secondary N) is 1. The van der Waals surface area contributed by atoms with Crippen molar-refractivity contribution in [1.29, 1.82) is 0 Å². The van der Waals surface area contributed by atoms with Crippen LogP contribution in [0.4, 0.5) is 5.13 Å². The van der Waals surface area contributed by atoms with Crippen LogP contribution in [0.1, 0.15) is 32.7 Å². The molecule has 2 aromatic heterocycles. The van der Waals surface area contributed by atoms with E-state index in [9.17, 15) is 9.59 Å². The van der Waals surface area contributed by atoms with E-state index in [1.807, 2.05) is 13.0 Å². The molecular weight excluding hydrogens is 308 g/mol. The number of rotatable bonds is 5. The van der Waals surface area contributed by atoms with Crippen molar-refractivity contribution in [2.45, 2.75) is 26.7 Å². The van der Waals surface area contributed by atoms with Gasteiger partial charge in [-0.05, 0) is 25.0 Å². The Balaban J connectivity index is 2.03. The predicted molar refractivity (Wildman–Crippen MR) is 84.2 cm³/mol. The van der Waals surface area contributed by atoms with Crippen LogP contribution in [-0.4, -0.2) is 24.0 Å². The van der Waals surface area contributed by atoms with Crippen LogP contribution in [-0.2, 0) is 22.4 Å². The molecule has 0 bridgehead atoms. The summed E-state index contributed by atoms with van der Waals surface area (Å²) in [6, 6.07) is 1.91. The number of methoxy groups -OCH3 is 1. The zero-order valence-electron chi connectivity index (χ0n) is 12.1. The van der Waals surface area contributed by atoms with E-state index >= 15 is 0 Å². The highest BCUT2D eigenvalue weighted by atomic mass is 32.1. The molecule has 0 aliphatic carbocycles. The largest absolute Gasteiger partial charge is 0.469 e. The van der Waals surface area contributed by atoms with Crippen molar-refractivity contribution in [2.75, 3.05) is 12.4 Å². The third-order valence-electron chi connectivity index (χ3n) is 2.95. The van der Waals surface area contributed by atoms with Crippen molar-refractivity contribution in [2.24, 2.45) is 0 Å². The van der Waals surface area contributed by atoms with Crippen LogP contribution in [0.2, 0.25) is 0 Å². The first kappa shape index (κ1) is 15.7. The molecule has 0 unspecified atom stereocenters. The highest BCUT2D eigenvalue weighted by molar-refractivity contribution is 7.15. The lowest BCUT2D eigenvalue weighted by atomic mass is 10.2. The number of ether oxygens (including phenoxy) is 1. The Morgan fingerprint density at radius 1 is 1.43 bits per heavy atom. The van der Waals surface area contributed by atoms with Crippen molar-refractivity contribution in [3.05, 3.63) is 32.5 Å². The number of aromatic nitrogens is 1. The molecule has 0 atom stereocenters. The molecule has 2 aromatic rings. The maximum atomic E-state index is 12.2. The number of carbonyl (C=O) groups is 2. The number of carbonyl (C=O) groups excluding carboxylic acids is 2. The van der Waals surface area contributed by atoms with Gasteiger partial charge < -0.3 is 4.74 Å². The van der Waals surface area contributed by atoms with Gasteiger partial charge in [-0.3, -0.25) is 14.9 Å². The number of hydrogen-bond acceptors (Lipinski definition) is 6. The van der Waals surface area contributed by atoms with Crippen molar-refractivity contribution >= 4 is 39.7 Å². The molecule has 7 heteroatoms. The van der Waals surface area contributed by atoms with Gasteiger partial charge in [0.25, 0.3) is 5.91 Å². The van der Waals surface area contributed by atoms with Gasteiger partial charge in [-0.15, -0.1) is 22.7 Å². The lowest BCUT2D eigenvalue weighted by Crippen LogP contribution is -2.10. The summed E-state index contributed by atoms with van der Waals surface area (Å²) in [5.74, 6) is -0.513. The molecule has 0 spiro atoms. The van der Waals surface area contributed by atoms with E-state index in [2.05, 4.69) is 22.0 Å². The molecule has 2 heterocycles. The fourth-order valence-electron chi connectivity index (χ4n) is 1.81. The summed E-state index contributed by atoms with van der Waals surface area (Å²) < 4.78 is 4.58. The number of thiophene rings is 1. The van der Waals surface area contributed by atoms with Crippen molar-refractivity contribution in [3.8, 4) is 0 Å². The van der Waals surface area contributed by atoms with E-state index in [1.165, 1.54) is 35.3 Å². The molecule has 0 aliphatic rings. The quantitative estimate of drug-likeness (QED) is 0.858. The molecule has 112 valence electrons. The van der Waals surface area contributed by atoms with Gasteiger partial charge in [0.15, 0.2) is 5.13 Å². The van der Waals surface area contributed by atoms with E-state index in [-0.39, 0.29) is 18.3 Å². The summed E-state index contributed by atoms with van der Waals surface area (Å²) >= 11 is 2.77. The smallest absolute Gasteiger partial charge is 0.311 e. The minimum atomic E-state index is -0.348. The van der Waals surface area contributed by atoms with Gasteiger partial charge in [-0.2, -0.15) is 0 Å². The van der Waals surface area contributed by atoms with E-state index < -0.39 is 0 Å². The monoisotopic (exact) mass is 324 g/mol. The Kier molecular flexibility index (Phi) is 5.08. The third kappa shape index (κ3) is 3.89. The van der Waals surface area contributed by atoms with Gasteiger partial charge >= 0.3 is 5.97 Å². The summed E-state index contributed by atoms with van der Waals surface area (Å²) in [5, 5.41) is 4.99. The fraction of sp³-hybridized carbons (Fsp3) is 0.357. The van der Waals surface area contributed by atoms with E-state index in [4.69, 9.17) is 0 Å². The molecule has 1 N–H and O–H groups in total. The summed E-state index contributed by atoms with van der Waals surface area (Å²) in [6.07, 6.45) is 1.02. The summed E-state index contributed by atoms with van der Waals surface area (Å²) in [6.45, 7) is 4.08. The van der Waals surface area contributed by atoms with Crippen LogP contribution in [0.25, 0.3) is 0 Å². The molecule has 0 aromatic carbocycles. The van der Waals surface area contributed by atoms with Gasteiger partial charge in [0.1, 0.15) is 0 Å². The SMILES string of the molecule is CCc1cc(C(=O)Nc2nc(CC(=O)OC)cs2)sc1C. The Hall–Kier alpha value is -1.73. The molecule has 0 radical (unpaired) electrons. The van der Waals surface area contributed by atoms with Crippen LogP contribution < -0.4 is 5.32 Å². The highest BCUT2D eigenvalue weighted by Crippen LogP contribution is 2.24. The second-order valence-corrected chi connectivity index (χ2v) is 6.51. The number of nitrogens with zero attached hydrogens (tertiary/aromatic N) is 1. The Labute approximate surface area is 131 Å². The third-order valence-corrected chi connectivity index (χ3v) is 4.85. The summed E-state index contributed by atoms with van der Waals surface area (Å²) in [4.78, 5) is 29.4. The molecule has 0 aliphatic heterocycles. The lowest BCUT2D eigenvalue weighted by Gasteiger charge is -1.98. The fourth-order valence-corrected chi connectivity index (χ4v) is 3.52. The highest BCUT2D eigenvalue weighted by Gasteiger charge is 2.14. The number of aryl methyl sites for hydroxylation is 2. The van der Waals surface area contributed by atoms with Gasteiger partial charge in [0.05, 0.1) is 24.1 Å². The van der Waals surface area contributed by atoms with E-state index in [0.29, 0.717) is 15.7 Å². The standard InChI is InChI=1S/C14H16N2O3S2/c1-4-9-5-11(21-8(9)2)13(18)16-14-15-10(7-20-14)6-12(17)19-3/h5,7H,4,6H2,1-3H3,(H,15,16,18). The minimum Gasteiger partial charge on any atom is -0.469 e. The molecule has 1 amide bonds. The molecule has 5 nitrogen and oxygen atoms in total. The first-order valence-corrected chi connectivity index (χ1v) is 8.15. The second-order valence-electron chi connectivity index (χ2n) is 4.40. The Morgan fingerprint density at radius 3 is 2.81 bits per heavy atom. The minimum absolute atomic E-state index is 0.112. The van der Waals surface area contributed by atoms with E-state index in [1.54, 1.807) is 5.38 Å². The van der Waals surface area contributed by atoms with Crippen molar-refractivity contribution < 1.29 is 14.3 Å². The summed E-state index contributed by atoms with van der Waals surface area (Å²) in [5.41, 5.74) is 1.79. The van der Waals surface area contributed by atoms with Gasteiger partial charge in [0.2, 0.25) is 0 Å². The second kappa shape index (κ2) is 6.82. The molecular formula is C14H16N2O3S2. The number of thiazole rings is 1. The van der Waals surface area contributed by atoms with Crippen molar-refractivity contribution in [3.63, 3.8) is 0 Å². The average molecular weight is 324 g/mol. The van der Waals surface area contributed by atoms with Crippen LogP contribution in [0.3, 0.4) is 0 Å². The lowest BCUT2D eigenvalue weighted by molar-refractivity contribution is -0.139. The van der Waals surface area contributed by atoms with E-state index in [0.717, 1.165) is 11.3 Å². The van der Waals surface area contributed by atoms with Crippen LogP contribution in [0.5, 0.6) is 0 Å². The predicted octanol–water partition coefficient (Wildman–Crippen LogP) is 3.04.